The van der Waals surface area contributed by atoms with Crippen molar-refractivity contribution in [1.82, 2.24) is 10.2 Å². The molecule has 22 heavy (non-hydrogen) atoms. The van der Waals surface area contributed by atoms with Crippen molar-refractivity contribution in [2.45, 2.75) is 32.0 Å². The Balaban J connectivity index is 2.04. The molecular formula is C17H25N3O2. The molecule has 1 aromatic rings. The van der Waals surface area contributed by atoms with Gasteiger partial charge in [-0.3, -0.25) is 9.69 Å². The van der Waals surface area contributed by atoms with Gasteiger partial charge in [-0.15, -0.1) is 0 Å². The molecule has 0 saturated carbocycles. The van der Waals surface area contributed by atoms with Crippen LogP contribution in [0, 0.1) is 0 Å². The number of ether oxygens (including phenoxy) is 1. The first-order valence-electron chi connectivity index (χ1n) is 7.57. The van der Waals surface area contributed by atoms with Crippen LogP contribution in [0.3, 0.4) is 0 Å². The molecule has 2 rings (SSSR count). The van der Waals surface area contributed by atoms with Gasteiger partial charge in [0.15, 0.2) is 0 Å². The Labute approximate surface area is 132 Å². The van der Waals surface area contributed by atoms with Crippen LogP contribution in [-0.2, 0) is 11.3 Å². The SMILES string of the molecule is C=C(C)COc1cccc(CN2C[C@@H](N)C[C@H]2C(=O)NC)c1. The second-order valence-corrected chi connectivity index (χ2v) is 5.95. The fourth-order valence-corrected chi connectivity index (χ4v) is 2.73. The molecule has 5 nitrogen and oxygen atoms in total. The molecule has 0 spiro atoms. The van der Waals surface area contributed by atoms with Crippen molar-refractivity contribution >= 4 is 5.91 Å². The van der Waals surface area contributed by atoms with E-state index in [1.54, 1.807) is 7.05 Å². The average molecular weight is 303 g/mol. The van der Waals surface area contributed by atoms with Gasteiger partial charge in [-0.05, 0) is 36.6 Å². The first kappa shape index (κ1) is 16.5. The van der Waals surface area contributed by atoms with Crippen LogP contribution in [0.15, 0.2) is 36.4 Å². The first-order chi connectivity index (χ1) is 10.5. The second kappa shape index (κ2) is 7.42. The molecule has 1 amide bonds. The monoisotopic (exact) mass is 303 g/mol. The van der Waals surface area contributed by atoms with Crippen molar-refractivity contribution < 1.29 is 9.53 Å². The molecule has 0 radical (unpaired) electrons. The molecule has 3 N–H and O–H groups in total. The standard InChI is InChI=1S/C17H25N3O2/c1-12(2)11-22-15-6-4-5-13(7-15)9-20-10-14(18)8-16(20)17(21)19-3/h4-7,14,16H,1,8-11,18H2,2-3H3,(H,19,21)/t14-,16-/m0/s1. The number of likely N-dealkylation sites (tertiary alicyclic amines) is 1. The molecule has 0 unspecified atom stereocenters. The lowest BCUT2D eigenvalue weighted by Crippen LogP contribution is -2.41. The Morgan fingerprint density at radius 3 is 3.00 bits per heavy atom. The third-order valence-corrected chi connectivity index (χ3v) is 3.75. The highest BCUT2D eigenvalue weighted by Crippen LogP contribution is 2.22. The zero-order chi connectivity index (χ0) is 16.1. The van der Waals surface area contributed by atoms with Crippen LogP contribution in [0.5, 0.6) is 5.75 Å². The minimum atomic E-state index is -0.153. The summed E-state index contributed by atoms with van der Waals surface area (Å²) in [6.45, 7) is 7.70. The van der Waals surface area contributed by atoms with Gasteiger partial charge in [0.05, 0.1) is 6.04 Å². The lowest BCUT2D eigenvalue weighted by molar-refractivity contribution is -0.125. The van der Waals surface area contributed by atoms with E-state index < -0.39 is 0 Å². The maximum atomic E-state index is 12.0. The van der Waals surface area contributed by atoms with E-state index in [4.69, 9.17) is 10.5 Å². The second-order valence-electron chi connectivity index (χ2n) is 5.95. The van der Waals surface area contributed by atoms with Gasteiger partial charge in [-0.25, -0.2) is 0 Å². The van der Waals surface area contributed by atoms with Gasteiger partial charge in [0.2, 0.25) is 5.91 Å². The Bertz CT molecular complexity index is 544. The molecule has 0 aromatic heterocycles. The minimum Gasteiger partial charge on any atom is -0.489 e. The number of benzene rings is 1. The van der Waals surface area contributed by atoms with E-state index in [1.165, 1.54) is 0 Å². The Morgan fingerprint density at radius 1 is 1.55 bits per heavy atom. The van der Waals surface area contributed by atoms with Gasteiger partial charge in [0.1, 0.15) is 12.4 Å². The van der Waals surface area contributed by atoms with Crippen LogP contribution in [0.2, 0.25) is 0 Å². The van der Waals surface area contributed by atoms with Gasteiger partial charge in [-0.2, -0.15) is 0 Å². The predicted molar refractivity (Wildman–Crippen MR) is 87.6 cm³/mol. The van der Waals surface area contributed by atoms with Crippen LogP contribution in [0.4, 0.5) is 0 Å². The van der Waals surface area contributed by atoms with E-state index in [-0.39, 0.29) is 18.0 Å². The summed E-state index contributed by atoms with van der Waals surface area (Å²) in [4.78, 5) is 14.1. The highest BCUT2D eigenvalue weighted by Gasteiger charge is 2.34. The summed E-state index contributed by atoms with van der Waals surface area (Å²) in [6.07, 6.45) is 0.700. The number of amides is 1. The van der Waals surface area contributed by atoms with Crippen molar-refractivity contribution in [3.8, 4) is 5.75 Å². The molecular weight excluding hydrogens is 278 g/mol. The van der Waals surface area contributed by atoms with E-state index >= 15 is 0 Å². The number of likely N-dealkylation sites (N-methyl/N-ethyl adjacent to an activating group) is 1. The number of hydrogen-bond donors (Lipinski definition) is 2. The summed E-state index contributed by atoms with van der Waals surface area (Å²) in [7, 11) is 1.66. The normalized spacial score (nSPS) is 21.6. The summed E-state index contributed by atoms with van der Waals surface area (Å²) >= 11 is 0. The molecule has 1 heterocycles. The van der Waals surface area contributed by atoms with Gasteiger partial charge in [-0.1, -0.05) is 18.7 Å². The smallest absolute Gasteiger partial charge is 0.237 e. The Morgan fingerprint density at radius 2 is 2.32 bits per heavy atom. The lowest BCUT2D eigenvalue weighted by Gasteiger charge is -2.23. The molecule has 1 fully saturated rings. The molecule has 1 saturated heterocycles. The highest BCUT2D eigenvalue weighted by atomic mass is 16.5. The fraction of sp³-hybridized carbons (Fsp3) is 0.471. The third-order valence-electron chi connectivity index (χ3n) is 3.75. The van der Waals surface area contributed by atoms with Crippen LogP contribution in [0.1, 0.15) is 18.9 Å². The molecule has 0 bridgehead atoms. The van der Waals surface area contributed by atoms with Crippen molar-refractivity contribution in [2.75, 3.05) is 20.2 Å². The van der Waals surface area contributed by atoms with Crippen molar-refractivity contribution in [3.05, 3.63) is 42.0 Å². The van der Waals surface area contributed by atoms with Crippen LogP contribution < -0.4 is 15.8 Å². The Kier molecular flexibility index (Phi) is 5.57. The van der Waals surface area contributed by atoms with Crippen LogP contribution in [-0.4, -0.2) is 43.1 Å². The van der Waals surface area contributed by atoms with E-state index in [0.717, 1.165) is 23.4 Å². The Hall–Kier alpha value is -1.85. The lowest BCUT2D eigenvalue weighted by atomic mass is 10.1. The number of nitrogens with one attached hydrogen (secondary N) is 1. The summed E-state index contributed by atoms with van der Waals surface area (Å²) in [5.41, 5.74) is 8.11. The van der Waals surface area contributed by atoms with Crippen molar-refractivity contribution in [3.63, 3.8) is 0 Å². The van der Waals surface area contributed by atoms with Gasteiger partial charge >= 0.3 is 0 Å². The summed E-state index contributed by atoms with van der Waals surface area (Å²) in [5.74, 6) is 0.850. The predicted octanol–water partition coefficient (Wildman–Crippen LogP) is 1.29. The number of nitrogens with zero attached hydrogens (tertiary/aromatic N) is 1. The fourth-order valence-electron chi connectivity index (χ4n) is 2.73. The van der Waals surface area contributed by atoms with Crippen molar-refractivity contribution in [2.24, 2.45) is 5.73 Å². The molecule has 1 aliphatic heterocycles. The van der Waals surface area contributed by atoms with E-state index in [0.29, 0.717) is 19.6 Å². The number of hydrogen-bond acceptors (Lipinski definition) is 4. The largest absolute Gasteiger partial charge is 0.489 e. The average Bonchev–Trinajstić information content (AvgIpc) is 2.85. The van der Waals surface area contributed by atoms with Crippen molar-refractivity contribution in [1.29, 1.82) is 0 Å². The summed E-state index contributed by atoms with van der Waals surface area (Å²) in [5, 5.41) is 2.72. The van der Waals surface area contributed by atoms with E-state index in [1.807, 2.05) is 31.2 Å². The highest BCUT2D eigenvalue weighted by molar-refractivity contribution is 5.81. The summed E-state index contributed by atoms with van der Waals surface area (Å²) in [6, 6.07) is 7.84. The first-order valence-corrected chi connectivity index (χ1v) is 7.57. The third kappa shape index (κ3) is 4.32. The van der Waals surface area contributed by atoms with Gasteiger partial charge < -0.3 is 15.8 Å². The zero-order valence-corrected chi connectivity index (χ0v) is 13.3. The number of carbonyl (C=O) groups excluding carboxylic acids is 1. The minimum absolute atomic E-state index is 0.0302. The van der Waals surface area contributed by atoms with E-state index in [9.17, 15) is 4.79 Å². The topological polar surface area (TPSA) is 67.6 Å². The summed E-state index contributed by atoms with van der Waals surface area (Å²) < 4.78 is 5.67. The molecule has 1 aliphatic rings. The zero-order valence-electron chi connectivity index (χ0n) is 13.3. The number of rotatable bonds is 6. The van der Waals surface area contributed by atoms with E-state index in [2.05, 4.69) is 16.8 Å². The maximum Gasteiger partial charge on any atom is 0.237 e. The molecule has 0 aliphatic carbocycles. The van der Waals surface area contributed by atoms with Gasteiger partial charge in [0.25, 0.3) is 0 Å². The molecule has 1 aromatic carbocycles. The van der Waals surface area contributed by atoms with Crippen LogP contribution >= 0.6 is 0 Å². The maximum absolute atomic E-state index is 12.0. The number of carbonyl (C=O) groups is 1. The van der Waals surface area contributed by atoms with Crippen LogP contribution in [0.25, 0.3) is 0 Å². The molecule has 120 valence electrons. The quantitative estimate of drug-likeness (QED) is 0.777. The number of nitrogens with two attached hydrogens (primary N) is 1. The molecule has 5 heteroatoms. The van der Waals surface area contributed by atoms with Gasteiger partial charge in [0, 0.05) is 26.2 Å². The molecule has 2 atom stereocenters.